The maximum absolute atomic E-state index is 5.70. The second kappa shape index (κ2) is 3.79. The molecule has 0 amide bonds. The number of para-hydroxylation sites is 1. The molecule has 1 aliphatic rings. The van der Waals surface area contributed by atoms with E-state index in [-0.39, 0.29) is 0 Å². The molecule has 1 atom stereocenters. The zero-order chi connectivity index (χ0) is 9.10. The summed E-state index contributed by atoms with van der Waals surface area (Å²) < 4.78 is 0. The number of hydrogen-bond acceptors (Lipinski definition) is 2. The molecule has 1 heterocycles. The Labute approximate surface area is 79.1 Å². The Bertz CT molecular complexity index is 283. The third-order valence-electron chi connectivity index (χ3n) is 2.73. The van der Waals surface area contributed by atoms with Gasteiger partial charge in [0.15, 0.2) is 0 Å². The van der Waals surface area contributed by atoms with Crippen molar-refractivity contribution in [3.63, 3.8) is 0 Å². The molecule has 1 unspecified atom stereocenters. The average molecular weight is 176 g/mol. The fraction of sp³-hybridized carbons (Fsp3) is 0.455. The molecule has 0 saturated heterocycles. The summed E-state index contributed by atoms with van der Waals surface area (Å²) in [4.78, 5) is 0. The first kappa shape index (κ1) is 8.57. The molecule has 0 bridgehead atoms. The van der Waals surface area contributed by atoms with E-state index in [1.165, 1.54) is 17.7 Å². The van der Waals surface area contributed by atoms with Crippen molar-refractivity contribution in [2.45, 2.75) is 12.8 Å². The van der Waals surface area contributed by atoms with Crippen LogP contribution in [-0.2, 0) is 6.42 Å². The van der Waals surface area contributed by atoms with E-state index in [1.54, 1.807) is 0 Å². The molecule has 0 aliphatic carbocycles. The lowest BCUT2D eigenvalue weighted by Crippen LogP contribution is -2.17. The van der Waals surface area contributed by atoms with Gasteiger partial charge in [0.25, 0.3) is 0 Å². The highest BCUT2D eigenvalue weighted by Gasteiger charge is 2.13. The van der Waals surface area contributed by atoms with Crippen LogP contribution in [-0.4, -0.2) is 13.1 Å². The van der Waals surface area contributed by atoms with Crippen LogP contribution in [0.25, 0.3) is 0 Å². The first-order valence-electron chi connectivity index (χ1n) is 4.92. The average Bonchev–Trinajstić information content (AvgIpc) is 2.38. The van der Waals surface area contributed by atoms with Gasteiger partial charge in [0.1, 0.15) is 0 Å². The smallest absolute Gasteiger partial charge is 0.0372 e. The van der Waals surface area contributed by atoms with Gasteiger partial charge in [0, 0.05) is 12.2 Å². The van der Waals surface area contributed by atoms with Crippen molar-refractivity contribution in [3.8, 4) is 0 Å². The Morgan fingerprint density at radius 1 is 1.38 bits per heavy atom. The van der Waals surface area contributed by atoms with E-state index in [9.17, 15) is 0 Å². The molecule has 0 saturated carbocycles. The number of anilines is 1. The molecule has 0 aromatic heterocycles. The van der Waals surface area contributed by atoms with Gasteiger partial charge < -0.3 is 11.1 Å². The van der Waals surface area contributed by atoms with Crippen LogP contribution in [0.15, 0.2) is 24.3 Å². The van der Waals surface area contributed by atoms with Crippen LogP contribution in [0.1, 0.15) is 12.0 Å². The summed E-state index contributed by atoms with van der Waals surface area (Å²) in [7, 11) is 0. The molecular formula is C11H16N2. The first-order valence-corrected chi connectivity index (χ1v) is 4.92. The highest BCUT2D eigenvalue weighted by atomic mass is 14.9. The van der Waals surface area contributed by atoms with Crippen molar-refractivity contribution in [2.24, 2.45) is 11.7 Å². The van der Waals surface area contributed by atoms with Crippen LogP contribution in [0, 0.1) is 5.92 Å². The third kappa shape index (κ3) is 1.83. The summed E-state index contributed by atoms with van der Waals surface area (Å²) in [5.41, 5.74) is 8.40. The maximum atomic E-state index is 5.70. The highest BCUT2D eigenvalue weighted by Crippen LogP contribution is 2.23. The van der Waals surface area contributed by atoms with E-state index in [0.29, 0.717) is 5.92 Å². The van der Waals surface area contributed by atoms with Crippen LogP contribution in [0.3, 0.4) is 0 Å². The summed E-state index contributed by atoms with van der Waals surface area (Å²) in [6, 6.07) is 8.51. The van der Waals surface area contributed by atoms with E-state index in [2.05, 4.69) is 29.6 Å². The predicted molar refractivity (Wildman–Crippen MR) is 55.8 cm³/mol. The Kier molecular flexibility index (Phi) is 2.50. The van der Waals surface area contributed by atoms with Gasteiger partial charge >= 0.3 is 0 Å². The standard InChI is InChI=1S/C11H16N2/c12-8-9-5-6-13-11-4-2-1-3-10(11)7-9/h1-4,9,13H,5-8,12H2. The summed E-state index contributed by atoms with van der Waals surface area (Å²) in [5.74, 6) is 0.649. The van der Waals surface area contributed by atoms with Gasteiger partial charge in [0.05, 0.1) is 0 Å². The van der Waals surface area contributed by atoms with Crippen LogP contribution in [0.4, 0.5) is 5.69 Å². The van der Waals surface area contributed by atoms with E-state index >= 15 is 0 Å². The van der Waals surface area contributed by atoms with Crippen molar-refractivity contribution in [3.05, 3.63) is 29.8 Å². The number of nitrogens with two attached hydrogens (primary N) is 1. The third-order valence-corrected chi connectivity index (χ3v) is 2.73. The normalized spacial score (nSPS) is 21.5. The summed E-state index contributed by atoms with van der Waals surface area (Å²) in [6.07, 6.45) is 2.31. The van der Waals surface area contributed by atoms with Gasteiger partial charge in [0.2, 0.25) is 0 Å². The molecule has 1 aromatic carbocycles. The Morgan fingerprint density at radius 3 is 3.08 bits per heavy atom. The number of rotatable bonds is 1. The molecule has 0 fully saturated rings. The Hall–Kier alpha value is -1.02. The molecule has 2 rings (SSSR count). The van der Waals surface area contributed by atoms with E-state index < -0.39 is 0 Å². The minimum absolute atomic E-state index is 0.649. The maximum Gasteiger partial charge on any atom is 0.0372 e. The lowest BCUT2D eigenvalue weighted by molar-refractivity contribution is 0.517. The van der Waals surface area contributed by atoms with Gasteiger partial charge in [-0.05, 0) is 36.9 Å². The quantitative estimate of drug-likeness (QED) is 0.682. The second-order valence-electron chi connectivity index (χ2n) is 3.68. The molecule has 0 radical (unpaired) electrons. The van der Waals surface area contributed by atoms with Crippen LogP contribution < -0.4 is 11.1 Å². The SMILES string of the molecule is NCC1CCNc2ccccc2C1. The first-order chi connectivity index (χ1) is 6.40. The van der Waals surface area contributed by atoms with Crippen LogP contribution in [0.2, 0.25) is 0 Å². The summed E-state index contributed by atoms with van der Waals surface area (Å²) in [6.45, 7) is 1.86. The number of benzene rings is 1. The Morgan fingerprint density at radius 2 is 2.23 bits per heavy atom. The lowest BCUT2D eigenvalue weighted by Gasteiger charge is -2.10. The minimum atomic E-state index is 0.649. The van der Waals surface area contributed by atoms with Gasteiger partial charge in [-0.15, -0.1) is 0 Å². The molecule has 0 spiro atoms. The number of fused-ring (bicyclic) bond motifs is 1. The molecule has 13 heavy (non-hydrogen) atoms. The van der Waals surface area contributed by atoms with E-state index in [4.69, 9.17) is 5.73 Å². The predicted octanol–water partition coefficient (Wildman–Crippen LogP) is 1.62. The molecule has 1 aliphatic heterocycles. The van der Waals surface area contributed by atoms with Gasteiger partial charge in [-0.2, -0.15) is 0 Å². The van der Waals surface area contributed by atoms with Crippen LogP contribution >= 0.6 is 0 Å². The summed E-state index contributed by atoms with van der Waals surface area (Å²) in [5, 5.41) is 3.43. The fourth-order valence-corrected chi connectivity index (χ4v) is 1.90. The number of nitrogens with one attached hydrogen (secondary N) is 1. The topological polar surface area (TPSA) is 38.0 Å². The van der Waals surface area contributed by atoms with Gasteiger partial charge in [-0.25, -0.2) is 0 Å². The van der Waals surface area contributed by atoms with Crippen LogP contribution in [0.5, 0.6) is 0 Å². The lowest BCUT2D eigenvalue weighted by atomic mass is 9.97. The van der Waals surface area contributed by atoms with Gasteiger partial charge in [-0.3, -0.25) is 0 Å². The second-order valence-corrected chi connectivity index (χ2v) is 3.68. The largest absolute Gasteiger partial charge is 0.385 e. The monoisotopic (exact) mass is 176 g/mol. The minimum Gasteiger partial charge on any atom is -0.385 e. The molecule has 70 valence electrons. The molecule has 1 aromatic rings. The molecule has 3 N–H and O–H groups in total. The van der Waals surface area contributed by atoms with Crippen molar-refractivity contribution < 1.29 is 0 Å². The molecular weight excluding hydrogens is 160 g/mol. The van der Waals surface area contributed by atoms with E-state index in [0.717, 1.165) is 19.5 Å². The zero-order valence-electron chi connectivity index (χ0n) is 7.79. The van der Waals surface area contributed by atoms with Crippen molar-refractivity contribution in [1.82, 2.24) is 0 Å². The molecule has 2 heteroatoms. The van der Waals surface area contributed by atoms with Crippen molar-refractivity contribution in [1.29, 1.82) is 0 Å². The van der Waals surface area contributed by atoms with Gasteiger partial charge in [-0.1, -0.05) is 18.2 Å². The van der Waals surface area contributed by atoms with E-state index in [1.807, 2.05) is 0 Å². The van der Waals surface area contributed by atoms with Crippen molar-refractivity contribution in [2.75, 3.05) is 18.4 Å². The molecule has 2 nitrogen and oxygen atoms in total. The summed E-state index contributed by atoms with van der Waals surface area (Å²) >= 11 is 0. The fourth-order valence-electron chi connectivity index (χ4n) is 1.90. The highest BCUT2D eigenvalue weighted by molar-refractivity contribution is 5.51. The Balaban J connectivity index is 2.23. The zero-order valence-corrected chi connectivity index (χ0v) is 7.79. The number of hydrogen-bond donors (Lipinski definition) is 2. The van der Waals surface area contributed by atoms with Crippen molar-refractivity contribution >= 4 is 5.69 Å².